The van der Waals surface area contributed by atoms with Crippen LogP contribution < -0.4 is 9.80 Å². The largest absolute Gasteiger partial charge is 0.360 e. The van der Waals surface area contributed by atoms with Crippen LogP contribution in [-0.2, 0) is 0 Å². The molecule has 1 heterocycles. The molecule has 0 amide bonds. The number of nitrogens with zero attached hydrogens (tertiary/aromatic N) is 1. The van der Waals surface area contributed by atoms with Gasteiger partial charge in [0.2, 0.25) is 0 Å². The molecule has 0 bridgehead atoms. The van der Waals surface area contributed by atoms with Gasteiger partial charge in [-0.1, -0.05) is 0 Å². The molecule has 3 nitrogen and oxygen atoms in total. The van der Waals surface area contributed by atoms with Crippen molar-refractivity contribution in [1.82, 2.24) is 0 Å². The first-order valence-electron chi connectivity index (χ1n) is 5.53. The minimum absolute atomic E-state index is 0.394. The summed E-state index contributed by atoms with van der Waals surface area (Å²) in [6.07, 6.45) is 0. The quantitative estimate of drug-likeness (QED) is 0.756. The first-order chi connectivity index (χ1) is 7.66. The zero-order valence-corrected chi connectivity index (χ0v) is 10.1. The number of benzene rings is 1. The molecule has 1 saturated heterocycles. The Morgan fingerprint density at radius 2 is 1.81 bits per heavy atom. The van der Waals surface area contributed by atoms with Crippen molar-refractivity contribution < 1.29 is 9.69 Å². The fourth-order valence-electron chi connectivity index (χ4n) is 1.95. The lowest BCUT2D eigenvalue weighted by Gasteiger charge is -2.31. The first kappa shape index (κ1) is 11.4. The van der Waals surface area contributed by atoms with E-state index in [-0.39, 0.29) is 0 Å². The van der Waals surface area contributed by atoms with Gasteiger partial charge in [-0.05, 0) is 35.9 Å². The van der Waals surface area contributed by atoms with Gasteiger partial charge < -0.3 is 9.80 Å². The second-order valence-corrected chi connectivity index (χ2v) is 4.61. The molecule has 1 fully saturated rings. The molecule has 0 saturated carbocycles. The van der Waals surface area contributed by atoms with Crippen LogP contribution in [0.1, 0.15) is 10.4 Å². The van der Waals surface area contributed by atoms with Crippen molar-refractivity contribution in [3.05, 3.63) is 29.8 Å². The van der Waals surface area contributed by atoms with Crippen molar-refractivity contribution in [3.8, 4) is 0 Å². The minimum Gasteiger partial charge on any atom is -0.360 e. The van der Waals surface area contributed by atoms with Crippen molar-refractivity contribution in [2.75, 3.05) is 38.1 Å². The van der Waals surface area contributed by atoms with E-state index in [0.717, 1.165) is 26.2 Å². The number of piperazine rings is 1. The number of anilines is 1. The summed E-state index contributed by atoms with van der Waals surface area (Å²) in [6.45, 7) is 4.46. The summed E-state index contributed by atoms with van der Waals surface area (Å²) in [4.78, 5) is 14.8. The highest BCUT2D eigenvalue weighted by Gasteiger charge is 2.16. The average molecular weight is 240 g/mol. The van der Waals surface area contributed by atoms with E-state index in [4.69, 9.17) is 11.6 Å². The predicted octanol–water partition coefficient (Wildman–Crippen LogP) is 0.400. The van der Waals surface area contributed by atoms with E-state index in [9.17, 15) is 4.79 Å². The van der Waals surface area contributed by atoms with Gasteiger partial charge in [-0.2, -0.15) is 0 Å². The number of likely N-dealkylation sites (N-methyl/N-ethyl adjacent to an activating group) is 1. The summed E-state index contributed by atoms with van der Waals surface area (Å²) in [6, 6.07) is 7.51. The van der Waals surface area contributed by atoms with E-state index in [2.05, 4.69) is 11.9 Å². The molecule has 1 aromatic rings. The Balaban J connectivity index is 2.07. The van der Waals surface area contributed by atoms with Crippen LogP contribution in [0.2, 0.25) is 0 Å². The fourth-order valence-corrected chi connectivity index (χ4v) is 2.08. The van der Waals surface area contributed by atoms with Gasteiger partial charge in [0.05, 0.1) is 33.2 Å². The number of hydrogen-bond donors (Lipinski definition) is 1. The van der Waals surface area contributed by atoms with Crippen LogP contribution in [0.25, 0.3) is 0 Å². The molecule has 0 aliphatic carbocycles. The monoisotopic (exact) mass is 239 g/mol. The van der Waals surface area contributed by atoms with Crippen LogP contribution in [-0.4, -0.2) is 38.5 Å². The molecule has 1 N–H and O–H groups in total. The Kier molecular flexibility index (Phi) is 3.46. The second-order valence-electron chi connectivity index (χ2n) is 4.26. The van der Waals surface area contributed by atoms with E-state index in [1.165, 1.54) is 5.69 Å². The topological polar surface area (TPSA) is 24.8 Å². The summed E-state index contributed by atoms with van der Waals surface area (Å²) in [5.74, 6) is 0. The van der Waals surface area contributed by atoms with Crippen LogP contribution in [0.4, 0.5) is 5.69 Å². The van der Waals surface area contributed by atoms with Gasteiger partial charge in [0, 0.05) is 11.3 Å². The molecule has 4 heteroatoms. The van der Waals surface area contributed by atoms with Gasteiger partial charge in [0.25, 0.3) is 5.24 Å². The van der Waals surface area contributed by atoms with Crippen LogP contribution in [0, 0.1) is 0 Å². The summed E-state index contributed by atoms with van der Waals surface area (Å²) in [7, 11) is 2.21. The standard InChI is InChI=1S/C12H15ClN2O/c1-14-6-8-15(9-7-14)11-4-2-10(3-5-11)12(13)16/h2-5H,6-9H2,1H3/p+1. The molecule has 0 unspecified atom stereocenters. The lowest BCUT2D eigenvalue weighted by molar-refractivity contribution is -0.880. The van der Waals surface area contributed by atoms with Gasteiger partial charge >= 0.3 is 0 Å². The third-order valence-corrected chi connectivity index (χ3v) is 3.29. The summed E-state index contributed by atoms with van der Waals surface area (Å²) < 4.78 is 0. The predicted molar refractivity (Wildman–Crippen MR) is 65.5 cm³/mol. The highest BCUT2D eigenvalue weighted by Crippen LogP contribution is 2.16. The summed E-state index contributed by atoms with van der Waals surface area (Å²) >= 11 is 5.40. The lowest BCUT2D eigenvalue weighted by Crippen LogP contribution is -3.12. The van der Waals surface area contributed by atoms with Crippen molar-refractivity contribution in [1.29, 1.82) is 0 Å². The maximum absolute atomic E-state index is 10.9. The molecule has 1 aliphatic rings. The number of carbonyl (C=O) groups is 1. The molecule has 0 aromatic heterocycles. The zero-order chi connectivity index (χ0) is 11.5. The van der Waals surface area contributed by atoms with Crippen molar-refractivity contribution in [3.63, 3.8) is 0 Å². The molecule has 0 radical (unpaired) electrons. The Hall–Kier alpha value is -1.06. The third-order valence-electron chi connectivity index (χ3n) is 3.08. The van der Waals surface area contributed by atoms with Crippen LogP contribution in [0.15, 0.2) is 24.3 Å². The highest BCUT2D eigenvalue weighted by molar-refractivity contribution is 6.67. The Labute approximate surface area is 101 Å². The first-order valence-corrected chi connectivity index (χ1v) is 5.91. The molecule has 16 heavy (non-hydrogen) atoms. The third kappa shape index (κ3) is 2.54. The van der Waals surface area contributed by atoms with Crippen LogP contribution in [0.5, 0.6) is 0 Å². The second kappa shape index (κ2) is 4.85. The molecular weight excluding hydrogens is 224 g/mol. The van der Waals surface area contributed by atoms with E-state index in [1.54, 1.807) is 17.0 Å². The lowest BCUT2D eigenvalue weighted by atomic mass is 10.2. The molecule has 2 rings (SSSR count). The number of hydrogen-bond acceptors (Lipinski definition) is 2. The highest BCUT2D eigenvalue weighted by atomic mass is 35.5. The van der Waals surface area contributed by atoms with E-state index in [0.29, 0.717) is 5.56 Å². The molecule has 1 aliphatic heterocycles. The Bertz CT molecular complexity index is 369. The van der Waals surface area contributed by atoms with Crippen LogP contribution in [0.3, 0.4) is 0 Å². The van der Waals surface area contributed by atoms with E-state index >= 15 is 0 Å². The van der Waals surface area contributed by atoms with Gasteiger partial charge in [0.1, 0.15) is 0 Å². The number of carbonyl (C=O) groups excluding carboxylic acids is 1. The molecule has 0 spiro atoms. The van der Waals surface area contributed by atoms with Crippen molar-refractivity contribution in [2.45, 2.75) is 0 Å². The van der Waals surface area contributed by atoms with Gasteiger partial charge in [0.15, 0.2) is 0 Å². The number of quaternary nitrogens is 1. The maximum atomic E-state index is 10.9. The molecule has 86 valence electrons. The summed E-state index contributed by atoms with van der Waals surface area (Å²) in [5.41, 5.74) is 1.74. The zero-order valence-electron chi connectivity index (χ0n) is 9.37. The minimum atomic E-state index is -0.394. The number of halogens is 1. The normalized spacial score (nSPS) is 17.5. The average Bonchev–Trinajstić information content (AvgIpc) is 2.30. The maximum Gasteiger partial charge on any atom is 0.252 e. The smallest absolute Gasteiger partial charge is 0.252 e. The number of nitrogens with one attached hydrogen (secondary N) is 1. The Morgan fingerprint density at radius 1 is 1.25 bits per heavy atom. The van der Waals surface area contributed by atoms with E-state index < -0.39 is 5.24 Å². The molecular formula is C12H16ClN2O+. The molecule has 0 atom stereocenters. The van der Waals surface area contributed by atoms with Gasteiger partial charge in [-0.25, -0.2) is 0 Å². The summed E-state index contributed by atoms with van der Waals surface area (Å²) in [5, 5.41) is -0.394. The Morgan fingerprint density at radius 3 is 2.31 bits per heavy atom. The van der Waals surface area contributed by atoms with E-state index in [1.807, 2.05) is 12.1 Å². The van der Waals surface area contributed by atoms with Gasteiger partial charge in [-0.15, -0.1) is 0 Å². The fraction of sp³-hybridized carbons (Fsp3) is 0.417. The SMILES string of the molecule is C[NH+]1CCN(c2ccc(C(=O)Cl)cc2)CC1. The number of rotatable bonds is 2. The van der Waals surface area contributed by atoms with Gasteiger partial charge in [-0.3, -0.25) is 4.79 Å². The van der Waals surface area contributed by atoms with Crippen LogP contribution >= 0.6 is 11.6 Å². The molecule has 1 aromatic carbocycles. The van der Waals surface area contributed by atoms with Crippen molar-refractivity contribution >= 4 is 22.5 Å². The van der Waals surface area contributed by atoms with Crippen molar-refractivity contribution in [2.24, 2.45) is 0 Å².